The van der Waals surface area contributed by atoms with E-state index in [1.54, 1.807) is 0 Å². The SMILES string of the molecule is Cc1cccc(-c2ccc3c(c2)c2ccccc2n3-c2ccccc2)c1C. The van der Waals surface area contributed by atoms with Crippen LogP contribution in [0.3, 0.4) is 0 Å². The first kappa shape index (κ1) is 15.9. The minimum atomic E-state index is 1.20. The van der Waals surface area contributed by atoms with Gasteiger partial charge in [-0.15, -0.1) is 0 Å². The Morgan fingerprint density at radius 2 is 1.33 bits per heavy atom. The molecule has 4 aromatic carbocycles. The van der Waals surface area contributed by atoms with E-state index in [1.807, 2.05) is 0 Å². The molecule has 0 saturated carbocycles. The lowest BCUT2D eigenvalue weighted by Gasteiger charge is -2.10. The molecule has 0 N–H and O–H groups in total. The van der Waals surface area contributed by atoms with Gasteiger partial charge in [0.05, 0.1) is 11.0 Å². The molecule has 0 aliphatic heterocycles. The zero-order valence-electron chi connectivity index (χ0n) is 15.6. The number of para-hydroxylation sites is 2. The lowest BCUT2D eigenvalue weighted by molar-refractivity contribution is 1.18. The molecule has 0 unspecified atom stereocenters. The van der Waals surface area contributed by atoms with Gasteiger partial charge < -0.3 is 4.57 Å². The lowest BCUT2D eigenvalue weighted by atomic mass is 9.96. The predicted molar refractivity (Wildman–Crippen MR) is 116 cm³/mol. The van der Waals surface area contributed by atoms with Crippen LogP contribution in [-0.4, -0.2) is 4.57 Å². The van der Waals surface area contributed by atoms with Crippen LogP contribution in [0.15, 0.2) is 91.0 Å². The van der Waals surface area contributed by atoms with Crippen molar-refractivity contribution >= 4 is 21.8 Å². The van der Waals surface area contributed by atoms with Gasteiger partial charge in [0.2, 0.25) is 0 Å². The second-order valence-corrected chi connectivity index (χ2v) is 7.17. The van der Waals surface area contributed by atoms with Crippen molar-refractivity contribution in [2.45, 2.75) is 13.8 Å². The zero-order valence-corrected chi connectivity index (χ0v) is 15.6. The number of aryl methyl sites for hydroxylation is 1. The standard InChI is InChI=1S/C26H21N/c1-18-9-8-13-22(19(18)2)20-15-16-26-24(17-20)23-12-6-7-14-25(23)27(26)21-10-4-3-5-11-21/h3-17H,1-2H3. The highest BCUT2D eigenvalue weighted by atomic mass is 15.0. The van der Waals surface area contributed by atoms with Crippen molar-refractivity contribution in [1.82, 2.24) is 4.57 Å². The summed E-state index contributed by atoms with van der Waals surface area (Å²) in [5, 5.41) is 2.59. The summed E-state index contributed by atoms with van der Waals surface area (Å²) >= 11 is 0. The van der Waals surface area contributed by atoms with Gasteiger partial charge >= 0.3 is 0 Å². The quantitative estimate of drug-likeness (QED) is 0.322. The molecule has 0 spiro atoms. The van der Waals surface area contributed by atoms with Crippen molar-refractivity contribution < 1.29 is 0 Å². The van der Waals surface area contributed by atoms with Gasteiger partial charge in [-0.25, -0.2) is 0 Å². The molecule has 27 heavy (non-hydrogen) atoms. The van der Waals surface area contributed by atoms with Crippen LogP contribution in [0.25, 0.3) is 38.6 Å². The molecule has 5 rings (SSSR count). The maximum absolute atomic E-state index is 2.36. The van der Waals surface area contributed by atoms with E-state index in [4.69, 9.17) is 0 Å². The second-order valence-electron chi connectivity index (χ2n) is 7.17. The number of nitrogens with zero attached hydrogens (tertiary/aromatic N) is 1. The van der Waals surface area contributed by atoms with Crippen molar-refractivity contribution in [2.75, 3.05) is 0 Å². The summed E-state index contributed by atoms with van der Waals surface area (Å²) in [6.45, 7) is 4.39. The maximum atomic E-state index is 2.36. The summed E-state index contributed by atoms with van der Waals surface area (Å²) < 4.78 is 2.36. The molecule has 130 valence electrons. The number of benzene rings is 4. The molecular weight excluding hydrogens is 326 g/mol. The van der Waals surface area contributed by atoms with Crippen molar-refractivity contribution in [3.8, 4) is 16.8 Å². The highest BCUT2D eigenvalue weighted by Gasteiger charge is 2.13. The van der Waals surface area contributed by atoms with Crippen LogP contribution in [0.5, 0.6) is 0 Å². The fourth-order valence-corrected chi connectivity index (χ4v) is 4.06. The molecule has 0 amide bonds. The molecular formula is C26H21N. The van der Waals surface area contributed by atoms with Crippen LogP contribution in [0.4, 0.5) is 0 Å². The van der Waals surface area contributed by atoms with Gasteiger partial charge in [-0.05, 0) is 66.4 Å². The van der Waals surface area contributed by atoms with E-state index in [9.17, 15) is 0 Å². The second kappa shape index (κ2) is 6.14. The highest BCUT2D eigenvalue weighted by molar-refractivity contribution is 6.10. The third-order valence-electron chi connectivity index (χ3n) is 5.60. The Labute approximate surface area is 159 Å². The average molecular weight is 347 g/mol. The molecule has 0 bridgehead atoms. The molecule has 0 radical (unpaired) electrons. The van der Waals surface area contributed by atoms with Gasteiger partial charge in [-0.1, -0.05) is 60.7 Å². The van der Waals surface area contributed by atoms with Gasteiger partial charge in [-0.2, -0.15) is 0 Å². The Morgan fingerprint density at radius 1 is 0.593 bits per heavy atom. The first-order chi connectivity index (χ1) is 13.2. The molecule has 1 aromatic heterocycles. The summed E-state index contributed by atoms with van der Waals surface area (Å²) in [7, 11) is 0. The Kier molecular flexibility index (Phi) is 3.61. The van der Waals surface area contributed by atoms with Gasteiger partial charge in [0.15, 0.2) is 0 Å². The monoisotopic (exact) mass is 347 g/mol. The highest BCUT2D eigenvalue weighted by Crippen LogP contribution is 2.35. The van der Waals surface area contributed by atoms with E-state index in [2.05, 4.69) is 109 Å². The van der Waals surface area contributed by atoms with Crippen LogP contribution in [-0.2, 0) is 0 Å². The Morgan fingerprint density at radius 3 is 2.19 bits per heavy atom. The number of rotatable bonds is 2. The Bertz CT molecular complexity index is 1280. The van der Waals surface area contributed by atoms with Crippen LogP contribution >= 0.6 is 0 Å². The minimum Gasteiger partial charge on any atom is -0.309 e. The fraction of sp³-hybridized carbons (Fsp3) is 0.0769. The third kappa shape index (κ3) is 2.47. The van der Waals surface area contributed by atoms with Crippen molar-refractivity contribution in [3.05, 3.63) is 102 Å². The molecule has 1 heteroatoms. The largest absolute Gasteiger partial charge is 0.309 e. The molecule has 0 aliphatic carbocycles. The first-order valence-electron chi connectivity index (χ1n) is 9.39. The minimum absolute atomic E-state index is 1.20. The normalized spacial score (nSPS) is 11.3. The van der Waals surface area contributed by atoms with E-state index in [0.717, 1.165) is 0 Å². The number of hydrogen-bond donors (Lipinski definition) is 0. The molecule has 0 fully saturated rings. The topological polar surface area (TPSA) is 4.93 Å². The maximum Gasteiger partial charge on any atom is 0.0541 e. The number of fused-ring (bicyclic) bond motifs is 3. The van der Waals surface area contributed by atoms with Crippen LogP contribution in [0, 0.1) is 13.8 Å². The zero-order chi connectivity index (χ0) is 18.4. The third-order valence-corrected chi connectivity index (χ3v) is 5.60. The van der Waals surface area contributed by atoms with Gasteiger partial charge in [0, 0.05) is 16.5 Å². The van der Waals surface area contributed by atoms with Crippen molar-refractivity contribution in [3.63, 3.8) is 0 Å². The Hall–Kier alpha value is -3.32. The van der Waals surface area contributed by atoms with E-state index in [1.165, 1.54) is 49.7 Å². The van der Waals surface area contributed by atoms with Crippen molar-refractivity contribution in [1.29, 1.82) is 0 Å². The van der Waals surface area contributed by atoms with E-state index >= 15 is 0 Å². The van der Waals surface area contributed by atoms with E-state index < -0.39 is 0 Å². The molecule has 5 aromatic rings. The Balaban J connectivity index is 1.85. The van der Waals surface area contributed by atoms with Crippen molar-refractivity contribution in [2.24, 2.45) is 0 Å². The number of aromatic nitrogens is 1. The fourth-order valence-electron chi connectivity index (χ4n) is 4.06. The van der Waals surface area contributed by atoms with Gasteiger partial charge in [0.1, 0.15) is 0 Å². The van der Waals surface area contributed by atoms with Crippen LogP contribution < -0.4 is 0 Å². The molecule has 0 aliphatic rings. The summed E-state index contributed by atoms with van der Waals surface area (Å²) in [6, 6.07) is 32.7. The first-order valence-corrected chi connectivity index (χ1v) is 9.39. The smallest absolute Gasteiger partial charge is 0.0541 e. The molecule has 1 heterocycles. The summed E-state index contributed by atoms with van der Waals surface area (Å²) in [4.78, 5) is 0. The summed E-state index contributed by atoms with van der Waals surface area (Å²) in [5.41, 5.74) is 8.97. The predicted octanol–water partition coefficient (Wildman–Crippen LogP) is 7.07. The van der Waals surface area contributed by atoms with Gasteiger partial charge in [0.25, 0.3) is 0 Å². The lowest BCUT2D eigenvalue weighted by Crippen LogP contribution is -1.93. The summed E-state index contributed by atoms with van der Waals surface area (Å²) in [6.07, 6.45) is 0. The molecule has 0 saturated heterocycles. The molecule has 0 atom stereocenters. The van der Waals surface area contributed by atoms with Crippen LogP contribution in [0.1, 0.15) is 11.1 Å². The average Bonchev–Trinajstić information content (AvgIpc) is 3.04. The van der Waals surface area contributed by atoms with E-state index in [-0.39, 0.29) is 0 Å². The van der Waals surface area contributed by atoms with Crippen LogP contribution in [0.2, 0.25) is 0 Å². The van der Waals surface area contributed by atoms with Gasteiger partial charge in [-0.3, -0.25) is 0 Å². The number of hydrogen-bond acceptors (Lipinski definition) is 0. The summed E-state index contributed by atoms with van der Waals surface area (Å²) in [5.74, 6) is 0. The van der Waals surface area contributed by atoms with E-state index in [0.29, 0.717) is 0 Å². The molecule has 1 nitrogen and oxygen atoms in total.